The Kier molecular flexibility index (Phi) is 6.44. The van der Waals surface area contributed by atoms with Crippen LogP contribution in [-0.4, -0.2) is 27.6 Å². The number of anilines is 1. The zero-order chi connectivity index (χ0) is 13.3. The number of rotatable bonds is 5. The van der Waals surface area contributed by atoms with Crippen LogP contribution in [0.1, 0.15) is 32.1 Å². The first-order valence-electron chi connectivity index (χ1n) is 6.91. The van der Waals surface area contributed by atoms with E-state index in [-0.39, 0.29) is 0 Å². The molecule has 0 spiro atoms. The highest BCUT2D eigenvalue weighted by Crippen LogP contribution is 2.27. The van der Waals surface area contributed by atoms with Gasteiger partial charge in [0.1, 0.15) is 0 Å². The zero-order valence-corrected chi connectivity index (χ0v) is 12.7. The van der Waals surface area contributed by atoms with Crippen LogP contribution >= 0.6 is 24.0 Å². The summed E-state index contributed by atoms with van der Waals surface area (Å²) in [5, 5.41) is 7.96. The van der Waals surface area contributed by atoms with Crippen molar-refractivity contribution < 1.29 is 0 Å². The highest BCUT2D eigenvalue weighted by molar-refractivity contribution is 7.99. The topological polar surface area (TPSA) is 37.0 Å². The van der Waals surface area contributed by atoms with Crippen molar-refractivity contribution in [3.8, 4) is 0 Å². The lowest BCUT2D eigenvalue weighted by atomic mass is 10.0. The minimum atomic E-state index is 0.690. The van der Waals surface area contributed by atoms with Gasteiger partial charge in [-0.15, -0.1) is 0 Å². The Labute approximate surface area is 125 Å². The van der Waals surface area contributed by atoms with Gasteiger partial charge in [-0.1, -0.05) is 19.3 Å². The molecule has 0 unspecified atom stereocenters. The van der Waals surface area contributed by atoms with E-state index in [0.29, 0.717) is 5.11 Å². The predicted octanol–water partition coefficient (Wildman–Crippen LogP) is 3.43. The molecule has 3 nitrogen and oxygen atoms in total. The van der Waals surface area contributed by atoms with Crippen LogP contribution in [0.25, 0.3) is 0 Å². The molecule has 0 aliphatic heterocycles. The van der Waals surface area contributed by atoms with E-state index in [1.807, 2.05) is 12.1 Å². The molecule has 1 aromatic rings. The van der Waals surface area contributed by atoms with E-state index in [1.54, 1.807) is 12.4 Å². The molecule has 1 aromatic heterocycles. The van der Waals surface area contributed by atoms with Gasteiger partial charge in [0.15, 0.2) is 5.11 Å². The fraction of sp³-hybridized carbons (Fsp3) is 0.571. The minimum absolute atomic E-state index is 0.690. The summed E-state index contributed by atoms with van der Waals surface area (Å²) < 4.78 is 0. The SMILES string of the molecule is S=C(NCCSC1CCCCC1)Nc1ccncc1. The summed E-state index contributed by atoms with van der Waals surface area (Å²) in [4.78, 5) is 3.97. The molecule has 104 valence electrons. The molecule has 2 N–H and O–H groups in total. The van der Waals surface area contributed by atoms with Crippen molar-refractivity contribution in [2.45, 2.75) is 37.4 Å². The summed E-state index contributed by atoms with van der Waals surface area (Å²) in [7, 11) is 0. The Morgan fingerprint density at radius 2 is 2.00 bits per heavy atom. The highest BCUT2D eigenvalue weighted by Gasteiger charge is 2.12. The molecule has 1 fully saturated rings. The largest absolute Gasteiger partial charge is 0.362 e. The number of nitrogens with one attached hydrogen (secondary N) is 2. The van der Waals surface area contributed by atoms with Gasteiger partial charge in [-0.2, -0.15) is 11.8 Å². The Balaban J connectivity index is 1.56. The van der Waals surface area contributed by atoms with E-state index in [0.717, 1.165) is 23.2 Å². The van der Waals surface area contributed by atoms with Crippen molar-refractivity contribution >= 4 is 34.8 Å². The zero-order valence-electron chi connectivity index (χ0n) is 11.1. The maximum Gasteiger partial charge on any atom is 0.170 e. The lowest BCUT2D eigenvalue weighted by Crippen LogP contribution is -2.30. The van der Waals surface area contributed by atoms with E-state index in [2.05, 4.69) is 27.4 Å². The Bertz CT molecular complexity index is 378. The number of hydrogen-bond acceptors (Lipinski definition) is 3. The van der Waals surface area contributed by atoms with Gasteiger partial charge in [0.25, 0.3) is 0 Å². The highest BCUT2D eigenvalue weighted by atomic mass is 32.2. The van der Waals surface area contributed by atoms with Gasteiger partial charge in [0.05, 0.1) is 0 Å². The van der Waals surface area contributed by atoms with Gasteiger partial charge in [-0.3, -0.25) is 4.98 Å². The van der Waals surface area contributed by atoms with E-state index in [1.165, 1.54) is 32.1 Å². The molecule has 0 radical (unpaired) electrons. The molecule has 0 saturated heterocycles. The molecule has 5 heteroatoms. The monoisotopic (exact) mass is 295 g/mol. The molecular weight excluding hydrogens is 274 g/mol. The summed E-state index contributed by atoms with van der Waals surface area (Å²) in [5.41, 5.74) is 0.979. The second-order valence-electron chi connectivity index (χ2n) is 4.75. The molecule has 1 heterocycles. The number of thioether (sulfide) groups is 1. The van der Waals surface area contributed by atoms with E-state index >= 15 is 0 Å². The minimum Gasteiger partial charge on any atom is -0.362 e. The Morgan fingerprint density at radius 3 is 2.74 bits per heavy atom. The van der Waals surface area contributed by atoms with E-state index in [4.69, 9.17) is 12.2 Å². The first kappa shape index (κ1) is 14.6. The number of thiocarbonyl (C=S) groups is 1. The van der Waals surface area contributed by atoms with Crippen LogP contribution in [0.15, 0.2) is 24.5 Å². The maximum atomic E-state index is 5.25. The average Bonchev–Trinajstić information content (AvgIpc) is 2.46. The molecule has 19 heavy (non-hydrogen) atoms. The lowest BCUT2D eigenvalue weighted by Gasteiger charge is -2.21. The fourth-order valence-electron chi connectivity index (χ4n) is 2.23. The van der Waals surface area contributed by atoms with Crippen molar-refractivity contribution in [3.05, 3.63) is 24.5 Å². The van der Waals surface area contributed by atoms with Gasteiger partial charge in [-0.25, -0.2) is 0 Å². The van der Waals surface area contributed by atoms with Crippen LogP contribution in [0.5, 0.6) is 0 Å². The second kappa shape index (κ2) is 8.38. The van der Waals surface area contributed by atoms with Gasteiger partial charge in [-0.05, 0) is 37.2 Å². The molecular formula is C14H21N3S2. The van der Waals surface area contributed by atoms with Crippen LogP contribution in [0.3, 0.4) is 0 Å². The third-order valence-corrected chi connectivity index (χ3v) is 4.86. The normalized spacial score (nSPS) is 16.0. The van der Waals surface area contributed by atoms with Crippen molar-refractivity contribution in [1.29, 1.82) is 0 Å². The first-order chi connectivity index (χ1) is 9.34. The van der Waals surface area contributed by atoms with Gasteiger partial charge >= 0.3 is 0 Å². The smallest absolute Gasteiger partial charge is 0.170 e. The number of hydrogen-bond donors (Lipinski definition) is 2. The van der Waals surface area contributed by atoms with E-state index < -0.39 is 0 Å². The van der Waals surface area contributed by atoms with Crippen molar-refractivity contribution in [2.75, 3.05) is 17.6 Å². The Morgan fingerprint density at radius 1 is 1.26 bits per heavy atom. The summed E-state index contributed by atoms with van der Waals surface area (Å²) in [5.74, 6) is 1.13. The fourth-order valence-corrected chi connectivity index (χ4v) is 3.67. The van der Waals surface area contributed by atoms with Gasteiger partial charge in [0.2, 0.25) is 0 Å². The quantitative estimate of drug-likeness (QED) is 0.643. The summed E-state index contributed by atoms with van der Waals surface area (Å²) >= 11 is 7.34. The number of nitrogens with zero attached hydrogens (tertiary/aromatic N) is 1. The van der Waals surface area contributed by atoms with Gasteiger partial charge < -0.3 is 10.6 Å². The first-order valence-corrected chi connectivity index (χ1v) is 8.37. The molecule has 1 saturated carbocycles. The predicted molar refractivity (Wildman–Crippen MR) is 87.8 cm³/mol. The molecule has 0 bridgehead atoms. The standard InChI is InChI=1S/C14H21N3S2/c18-14(17-12-6-8-15-9-7-12)16-10-11-19-13-4-2-1-3-5-13/h6-9,13H,1-5,10-11H2,(H2,15,16,17,18). The molecule has 1 aliphatic carbocycles. The summed E-state index contributed by atoms with van der Waals surface area (Å²) in [6, 6.07) is 3.81. The average molecular weight is 295 g/mol. The Hall–Kier alpha value is -0.810. The van der Waals surface area contributed by atoms with Crippen molar-refractivity contribution in [2.24, 2.45) is 0 Å². The van der Waals surface area contributed by atoms with Gasteiger partial charge in [0, 0.05) is 35.6 Å². The van der Waals surface area contributed by atoms with Crippen molar-refractivity contribution in [1.82, 2.24) is 10.3 Å². The van der Waals surface area contributed by atoms with Crippen LogP contribution in [0.2, 0.25) is 0 Å². The summed E-state index contributed by atoms with van der Waals surface area (Å²) in [6.45, 7) is 0.929. The molecule has 0 atom stereocenters. The molecule has 0 aromatic carbocycles. The van der Waals surface area contributed by atoms with E-state index in [9.17, 15) is 0 Å². The molecule has 1 aliphatic rings. The number of aromatic nitrogens is 1. The van der Waals surface area contributed by atoms with Crippen LogP contribution < -0.4 is 10.6 Å². The van der Waals surface area contributed by atoms with Crippen LogP contribution in [-0.2, 0) is 0 Å². The van der Waals surface area contributed by atoms with Crippen LogP contribution in [0.4, 0.5) is 5.69 Å². The summed E-state index contributed by atoms with van der Waals surface area (Å²) in [6.07, 6.45) is 10.5. The molecule has 2 rings (SSSR count). The number of pyridine rings is 1. The van der Waals surface area contributed by atoms with Crippen molar-refractivity contribution in [3.63, 3.8) is 0 Å². The van der Waals surface area contributed by atoms with Crippen LogP contribution in [0, 0.1) is 0 Å². The molecule has 0 amide bonds. The lowest BCUT2D eigenvalue weighted by molar-refractivity contribution is 0.516. The third-order valence-electron chi connectivity index (χ3n) is 3.23. The maximum absolute atomic E-state index is 5.25. The second-order valence-corrected chi connectivity index (χ2v) is 6.56. The third kappa shape index (κ3) is 5.78.